The Hall–Kier alpha value is -1.67. The highest BCUT2D eigenvalue weighted by atomic mass is 32.1. The summed E-state index contributed by atoms with van der Waals surface area (Å²) in [4.78, 5) is 21.6. The molecule has 0 amide bonds. The lowest BCUT2D eigenvalue weighted by Crippen LogP contribution is -2.38. The van der Waals surface area contributed by atoms with E-state index in [0.29, 0.717) is 17.2 Å². The second kappa shape index (κ2) is 12.6. The van der Waals surface area contributed by atoms with E-state index >= 15 is 0 Å². The van der Waals surface area contributed by atoms with Gasteiger partial charge in [0.05, 0.1) is 18.3 Å². The standard InChI is InChI=1S/C18H32N4O3S/c1-6-19-18(20-11-9-10-12-24-7-2)22-14(5)16-21-13(4)15(26-16)17(23)25-8-3/h14H,6-12H2,1-5H3,(H2,19,20,22). The van der Waals surface area contributed by atoms with Crippen LogP contribution in [0.5, 0.6) is 0 Å². The summed E-state index contributed by atoms with van der Waals surface area (Å²) in [6.07, 6.45) is 1.98. The number of nitrogens with zero attached hydrogens (tertiary/aromatic N) is 2. The molecule has 0 aliphatic heterocycles. The number of carbonyl (C=O) groups is 1. The second-order valence-electron chi connectivity index (χ2n) is 5.72. The maximum atomic E-state index is 12.0. The zero-order valence-corrected chi connectivity index (χ0v) is 17.4. The number of rotatable bonds is 11. The first-order valence-electron chi connectivity index (χ1n) is 9.30. The molecule has 1 atom stereocenters. The summed E-state index contributed by atoms with van der Waals surface area (Å²) >= 11 is 1.37. The average molecular weight is 385 g/mol. The van der Waals surface area contributed by atoms with Gasteiger partial charge in [0, 0.05) is 26.3 Å². The topological polar surface area (TPSA) is 84.8 Å². The molecule has 0 saturated heterocycles. The minimum Gasteiger partial charge on any atom is -0.462 e. The Bertz CT molecular complexity index is 575. The molecule has 148 valence electrons. The number of unbranched alkanes of at least 4 members (excludes halogenated alkanes) is 1. The highest BCUT2D eigenvalue weighted by molar-refractivity contribution is 7.13. The molecule has 0 aliphatic rings. The SMILES string of the molecule is CCNC(=NCCCCOCC)NC(C)c1nc(C)c(C(=O)OCC)s1. The van der Waals surface area contributed by atoms with E-state index in [9.17, 15) is 4.79 Å². The van der Waals surface area contributed by atoms with E-state index in [1.54, 1.807) is 6.92 Å². The zero-order valence-electron chi connectivity index (χ0n) is 16.6. The molecular formula is C18H32N4O3S. The number of hydrogen-bond acceptors (Lipinski definition) is 6. The van der Waals surface area contributed by atoms with Gasteiger partial charge >= 0.3 is 5.97 Å². The summed E-state index contributed by atoms with van der Waals surface area (Å²) < 4.78 is 10.4. The van der Waals surface area contributed by atoms with Crippen LogP contribution in [0, 0.1) is 6.92 Å². The summed E-state index contributed by atoms with van der Waals surface area (Å²) in [5.74, 6) is 0.442. The fourth-order valence-electron chi connectivity index (χ4n) is 2.23. The van der Waals surface area contributed by atoms with E-state index in [1.165, 1.54) is 11.3 Å². The van der Waals surface area contributed by atoms with Gasteiger partial charge in [-0.2, -0.15) is 0 Å². The maximum Gasteiger partial charge on any atom is 0.350 e. The third-order valence-corrected chi connectivity index (χ3v) is 4.83. The molecule has 26 heavy (non-hydrogen) atoms. The van der Waals surface area contributed by atoms with Crippen molar-refractivity contribution >= 4 is 23.3 Å². The summed E-state index contributed by atoms with van der Waals surface area (Å²) in [6, 6.07) is -0.0527. The highest BCUT2D eigenvalue weighted by Crippen LogP contribution is 2.24. The quantitative estimate of drug-likeness (QED) is 0.264. The molecule has 1 aromatic heterocycles. The molecule has 0 radical (unpaired) electrons. The first-order valence-corrected chi connectivity index (χ1v) is 10.1. The van der Waals surface area contributed by atoms with Crippen molar-refractivity contribution in [2.24, 2.45) is 4.99 Å². The van der Waals surface area contributed by atoms with Crippen LogP contribution in [-0.4, -0.2) is 49.8 Å². The van der Waals surface area contributed by atoms with Gasteiger partial charge in [-0.15, -0.1) is 11.3 Å². The number of esters is 1. The zero-order chi connectivity index (χ0) is 19.4. The molecule has 2 N–H and O–H groups in total. The van der Waals surface area contributed by atoms with Crippen LogP contribution in [0.1, 0.15) is 67.0 Å². The Kier molecular flexibility index (Phi) is 10.9. The molecule has 0 aliphatic carbocycles. The van der Waals surface area contributed by atoms with Crippen LogP contribution in [0.2, 0.25) is 0 Å². The lowest BCUT2D eigenvalue weighted by molar-refractivity contribution is 0.0531. The van der Waals surface area contributed by atoms with E-state index in [1.807, 2.05) is 27.7 Å². The first kappa shape index (κ1) is 22.4. The third-order valence-electron chi connectivity index (χ3n) is 3.51. The van der Waals surface area contributed by atoms with Gasteiger partial charge in [-0.3, -0.25) is 4.99 Å². The lowest BCUT2D eigenvalue weighted by Gasteiger charge is -2.16. The van der Waals surface area contributed by atoms with E-state index in [0.717, 1.165) is 50.1 Å². The van der Waals surface area contributed by atoms with Crippen LogP contribution < -0.4 is 10.6 Å². The van der Waals surface area contributed by atoms with Crippen LogP contribution in [0.25, 0.3) is 0 Å². The molecule has 1 heterocycles. The summed E-state index contributed by atoms with van der Waals surface area (Å²) in [5.41, 5.74) is 0.704. The molecule has 8 heteroatoms. The largest absolute Gasteiger partial charge is 0.462 e. The maximum absolute atomic E-state index is 12.0. The Balaban J connectivity index is 2.64. The number of nitrogens with one attached hydrogen (secondary N) is 2. The first-order chi connectivity index (χ1) is 12.5. The normalized spacial score (nSPS) is 12.7. The molecule has 0 fully saturated rings. The minimum absolute atomic E-state index is 0.0527. The van der Waals surface area contributed by atoms with Crippen molar-refractivity contribution < 1.29 is 14.3 Å². The summed E-state index contributed by atoms with van der Waals surface area (Å²) in [5, 5.41) is 7.43. The van der Waals surface area contributed by atoms with Gasteiger partial charge in [0.2, 0.25) is 0 Å². The summed E-state index contributed by atoms with van der Waals surface area (Å²) in [6.45, 7) is 13.1. The number of thiazole rings is 1. The van der Waals surface area contributed by atoms with E-state index in [4.69, 9.17) is 9.47 Å². The van der Waals surface area contributed by atoms with Crippen LogP contribution >= 0.6 is 11.3 Å². The lowest BCUT2D eigenvalue weighted by atomic mass is 10.3. The fourth-order valence-corrected chi connectivity index (χ4v) is 3.19. The van der Waals surface area contributed by atoms with Crippen molar-refractivity contribution in [3.8, 4) is 0 Å². The van der Waals surface area contributed by atoms with Gasteiger partial charge in [0.15, 0.2) is 5.96 Å². The predicted octanol–water partition coefficient (Wildman–Crippen LogP) is 3.06. The van der Waals surface area contributed by atoms with Crippen LogP contribution in [0.15, 0.2) is 4.99 Å². The van der Waals surface area contributed by atoms with Crippen molar-refractivity contribution in [3.05, 3.63) is 15.6 Å². The number of hydrogen-bond donors (Lipinski definition) is 2. The molecule has 7 nitrogen and oxygen atoms in total. The van der Waals surface area contributed by atoms with E-state index in [-0.39, 0.29) is 12.0 Å². The smallest absolute Gasteiger partial charge is 0.350 e. The van der Waals surface area contributed by atoms with Gasteiger partial charge < -0.3 is 20.1 Å². The molecule has 1 unspecified atom stereocenters. The molecule has 0 saturated carbocycles. The minimum atomic E-state index is -0.309. The number of guanidine groups is 1. The van der Waals surface area contributed by atoms with Crippen molar-refractivity contribution in [1.29, 1.82) is 0 Å². The van der Waals surface area contributed by atoms with Crippen molar-refractivity contribution in [3.63, 3.8) is 0 Å². The second-order valence-corrected chi connectivity index (χ2v) is 6.75. The van der Waals surface area contributed by atoms with Crippen LogP contribution in [-0.2, 0) is 9.47 Å². The fraction of sp³-hybridized carbons (Fsp3) is 0.722. The van der Waals surface area contributed by atoms with Gasteiger partial charge in [-0.25, -0.2) is 9.78 Å². The number of aryl methyl sites for hydroxylation is 1. The van der Waals surface area contributed by atoms with Crippen LogP contribution in [0.4, 0.5) is 0 Å². The van der Waals surface area contributed by atoms with Crippen molar-refractivity contribution in [1.82, 2.24) is 15.6 Å². The molecule has 1 rings (SSSR count). The Morgan fingerprint density at radius 3 is 2.69 bits per heavy atom. The molecular weight excluding hydrogens is 352 g/mol. The number of aromatic nitrogens is 1. The monoisotopic (exact) mass is 384 g/mol. The average Bonchev–Trinajstić information content (AvgIpc) is 3.00. The van der Waals surface area contributed by atoms with E-state index in [2.05, 4.69) is 20.6 Å². The molecule has 0 spiro atoms. The molecule has 1 aromatic rings. The third kappa shape index (κ3) is 7.70. The van der Waals surface area contributed by atoms with Crippen molar-refractivity contribution in [2.45, 2.75) is 53.5 Å². The Morgan fingerprint density at radius 2 is 2.04 bits per heavy atom. The number of ether oxygens (including phenoxy) is 2. The Labute approximate surface area is 160 Å². The molecule has 0 aromatic carbocycles. The Morgan fingerprint density at radius 1 is 1.27 bits per heavy atom. The predicted molar refractivity (Wildman–Crippen MR) is 106 cm³/mol. The van der Waals surface area contributed by atoms with Gasteiger partial charge in [-0.05, 0) is 47.5 Å². The van der Waals surface area contributed by atoms with Gasteiger partial charge in [-0.1, -0.05) is 0 Å². The van der Waals surface area contributed by atoms with E-state index < -0.39 is 0 Å². The molecule has 0 bridgehead atoms. The highest BCUT2D eigenvalue weighted by Gasteiger charge is 2.20. The summed E-state index contributed by atoms with van der Waals surface area (Å²) in [7, 11) is 0. The van der Waals surface area contributed by atoms with Crippen LogP contribution in [0.3, 0.4) is 0 Å². The number of aliphatic imine (C=N–C) groups is 1. The van der Waals surface area contributed by atoms with Gasteiger partial charge in [0.1, 0.15) is 9.88 Å². The number of carbonyl (C=O) groups excluding carboxylic acids is 1. The van der Waals surface area contributed by atoms with Gasteiger partial charge in [0.25, 0.3) is 0 Å². The van der Waals surface area contributed by atoms with Crippen molar-refractivity contribution in [2.75, 3.05) is 32.9 Å².